The van der Waals surface area contributed by atoms with Crippen molar-refractivity contribution < 1.29 is 24.1 Å². The van der Waals surface area contributed by atoms with Crippen LogP contribution in [0.2, 0.25) is 0 Å². The summed E-state index contributed by atoms with van der Waals surface area (Å²) in [5.74, 6) is 2.07. The molecule has 0 aliphatic rings. The van der Waals surface area contributed by atoms with Gasteiger partial charge in [-0.1, -0.05) is 30.3 Å². The van der Waals surface area contributed by atoms with Gasteiger partial charge >= 0.3 is 0 Å². The molecule has 0 spiro atoms. The summed E-state index contributed by atoms with van der Waals surface area (Å²) in [7, 11) is 5.40. The van der Waals surface area contributed by atoms with Crippen LogP contribution in [-0.2, 0) is 6.42 Å². The summed E-state index contributed by atoms with van der Waals surface area (Å²) < 4.78 is 16.7. The molecule has 0 fully saturated rings. The fraction of sp³-hybridized carbons (Fsp3) is 0.250. The molecule has 210 valence electrons. The van der Waals surface area contributed by atoms with Gasteiger partial charge in [-0.2, -0.15) is 0 Å². The summed E-state index contributed by atoms with van der Waals surface area (Å²) in [5, 5.41) is 18.7. The number of likely N-dealkylation sites (N-methyl/N-ethyl adjacent to an activating group) is 1. The number of phenols is 1. The predicted octanol–water partition coefficient (Wildman–Crippen LogP) is 5.21. The zero-order valence-corrected chi connectivity index (χ0v) is 23.4. The molecule has 0 aliphatic carbocycles. The zero-order valence-electron chi connectivity index (χ0n) is 23.4. The van der Waals surface area contributed by atoms with E-state index in [2.05, 4.69) is 18.0 Å². The molecule has 0 aromatic heterocycles. The number of nitrogens with two attached hydrogens (primary N) is 1. The lowest BCUT2D eigenvalue weighted by Crippen LogP contribution is -2.26. The second kappa shape index (κ2) is 14.6. The number of amides is 1. The van der Waals surface area contributed by atoms with Crippen LogP contribution in [0.3, 0.4) is 0 Å². The van der Waals surface area contributed by atoms with Crippen LogP contribution in [0.1, 0.15) is 27.0 Å². The minimum absolute atomic E-state index is 0.176. The number of fused-ring (bicyclic) bond motifs is 1. The Morgan fingerprint density at radius 1 is 0.925 bits per heavy atom. The number of nitrogens with one attached hydrogen (secondary N) is 1. The Hall–Kier alpha value is -4.56. The summed E-state index contributed by atoms with van der Waals surface area (Å²) in [6, 6.07) is 22.5. The number of carbonyl (C=O) groups is 1. The Labute approximate surface area is 235 Å². The maximum atomic E-state index is 10.6. The second-order valence-electron chi connectivity index (χ2n) is 9.30. The molecule has 4 aromatic carbocycles. The lowest BCUT2D eigenvalue weighted by Gasteiger charge is -2.18. The number of carbonyl (C=O) groups excluding carboxylic acids is 1. The maximum Gasteiger partial charge on any atom is 0.248 e. The summed E-state index contributed by atoms with van der Waals surface area (Å²) in [5.41, 5.74) is 8.20. The molecule has 1 amide bonds. The van der Waals surface area contributed by atoms with Crippen LogP contribution in [0.5, 0.6) is 23.0 Å². The minimum Gasteiger partial charge on any atom is -0.508 e. The van der Waals surface area contributed by atoms with E-state index in [0.717, 1.165) is 53.1 Å². The van der Waals surface area contributed by atoms with E-state index in [0.29, 0.717) is 17.7 Å². The fourth-order valence-corrected chi connectivity index (χ4v) is 4.13. The van der Waals surface area contributed by atoms with Crippen LogP contribution in [0.15, 0.2) is 72.8 Å². The molecule has 40 heavy (non-hydrogen) atoms. The number of phenolic OH excluding ortho intramolecular Hbond substituents is 1. The van der Waals surface area contributed by atoms with Crippen LogP contribution < -0.4 is 19.9 Å². The number of hydrogen-bond acceptors (Lipinski definition) is 7. The van der Waals surface area contributed by atoms with Gasteiger partial charge in [0.2, 0.25) is 5.91 Å². The lowest BCUT2D eigenvalue weighted by molar-refractivity contribution is 0.1000. The molecule has 4 aromatic rings. The summed E-state index contributed by atoms with van der Waals surface area (Å²) >= 11 is 0. The van der Waals surface area contributed by atoms with E-state index in [-0.39, 0.29) is 5.75 Å². The number of rotatable bonds is 11. The molecule has 0 atom stereocenters. The number of ether oxygens (including phenoxy) is 3. The fourth-order valence-electron chi connectivity index (χ4n) is 4.13. The van der Waals surface area contributed by atoms with Gasteiger partial charge in [0, 0.05) is 35.8 Å². The van der Waals surface area contributed by atoms with Crippen molar-refractivity contribution in [3.05, 3.63) is 95.1 Å². The van der Waals surface area contributed by atoms with Crippen molar-refractivity contribution in [1.29, 1.82) is 5.41 Å². The minimum atomic E-state index is -0.479. The summed E-state index contributed by atoms with van der Waals surface area (Å²) in [6.45, 7) is 4.07. The highest BCUT2D eigenvalue weighted by Gasteiger charge is 2.08. The Bertz CT molecular complexity index is 1450. The molecule has 4 rings (SSSR count). The van der Waals surface area contributed by atoms with Crippen LogP contribution in [0, 0.1) is 12.3 Å². The number of nitrogens with zero attached hydrogens (tertiary/aromatic N) is 1. The average Bonchev–Trinajstić information content (AvgIpc) is 2.97. The molecule has 0 bridgehead atoms. The van der Waals surface area contributed by atoms with E-state index < -0.39 is 5.91 Å². The topological polar surface area (TPSA) is 118 Å². The highest BCUT2D eigenvalue weighted by molar-refractivity contribution is 6.01. The Morgan fingerprint density at radius 2 is 1.62 bits per heavy atom. The van der Waals surface area contributed by atoms with E-state index in [4.69, 9.17) is 30.5 Å². The number of hydrogen-bond donors (Lipinski definition) is 3. The average molecular weight is 544 g/mol. The lowest BCUT2D eigenvalue weighted by atomic mass is 10.0. The standard InChI is InChI=1S/C24H28N2O3.C8H9NO2/c1-26(13-12-18-8-10-23(27-2)24(16-18)28-3)14-15-29-22-11-9-19(17-25)20-6-4-5-7-21(20)22;1-5-4-6(8(9)11)2-3-7(5)10/h4-11,16-17,25H,12-15H2,1-3H3;2-4,10H,1H3,(H2,9,11). The van der Waals surface area contributed by atoms with E-state index in [1.807, 2.05) is 48.5 Å². The molecule has 0 saturated carbocycles. The van der Waals surface area contributed by atoms with Gasteiger partial charge in [-0.3, -0.25) is 4.79 Å². The molecule has 0 aliphatic heterocycles. The Morgan fingerprint density at radius 3 is 2.27 bits per heavy atom. The third kappa shape index (κ3) is 7.97. The van der Waals surface area contributed by atoms with Crippen molar-refractivity contribution in [2.24, 2.45) is 5.73 Å². The Balaban J connectivity index is 0.000000336. The van der Waals surface area contributed by atoms with Crippen molar-refractivity contribution in [3.8, 4) is 23.0 Å². The SMILES string of the molecule is COc1ccc(CCN(C)CCOc2ccc(C=N)c3ccccc23)cc1OC.Cc1cc(C(N)=O)ccc1O. The highest BCUT2D eigenvalue weighted by atomic mass is 16.5. The summed E-state index contributed by atoms with van der Waals surface area (Å²) in [6.07, 6.45) is 2.31. The van der Waals surface area contributed by atoms with Crippen LogP contribution in [0.4, 0.5) is 0 Å². The second-order valence-corrected chi connectivity index (χ2v) is 9.30. The van der Waals surface area contributed by atoms with Crippen molar-refractivity contribution in [2.75, 3.05) is 41.0 Å². The first-order valence-corrected chi connectivity index (χ1v) is 12.9. The Kier molecular flexibility index (Phi) is 10.9. The monoisotopic (exact) mass is 543 g/mol. The maximum absolute atomic E-state index is 10.6. The molecule has 0 heterocycles. The van der Waals surface area contributed by atoms with Crippen LogP contribution in [0.25, 0.3) is 10.8 Å². The van der Waals surface area contributed by atoms with E-state index in [9.17, 15) is 4.79 Å². The molecular formula is C32H37N3O5. The first-order valence-electron chi connectivity index (χ1n) is 12.9. The van der Waals surface area contributed by atoms with Gasteiger partial charge in [0.25, 0.3) is 0 Å². The van der Waals surface area contributed by atoms with Crippen molar-refractivity contribution in [1.82, 2.24) is 4.90 Å². The number of aryl methyl sites for hydroxylation is 1. The van der Waals surface area contributed by atoms with Gasteiger partial charge in [-0.25, -0.2) is 0 Å². The predicted molar refractivity (Wildman–Crippen MR) is 159 cm³/mol. The first kappa shape index (κ1) is 30.0. The molecular weight excluding hydrogens is 506 g/mol. The van der Waals surface area contributed by atoms with E-state index >= 15 is 0 Å². The molecule has 0 unspecified atom stereocenters. The van der Waals surface area contributed by atoms with Gasteiger partial charge in [0.15, 0.2) is 11.5 Å². The molecule has 0 saturated heterocycles. The normalized spacial score (nSPS) is 10.5. The zero-order chi connectivity index (χ0) is 29.1. The largest absolute Gasteiger partial charge is 0.508 e. The van der Waals surface area contributed by atoms with Gasteiger partial charge in [-0.15, -0.1) is 0 Å². The molecule has 8 nitrogen and oxygen atoms in total. The number of benzene rings is 4. The van der Waals surface area contributed by atoms with Gasteiger partial charge in [-0.05, 0) is 79.4 Å². The van der Waals surface area contributed by atoms with Crippen LogP contribution in [-0.4, -0.2) is 63.1 Å². The smallest absolute Gasteiger partial charge is 0.248 e. The third-order valence-electron chi connectivity index (χ3n) is 6.52. The van der Waals surface area contributed by atoms with E-state index in [1.165, 1.54) is 23.9 Å². The quantitative estimate of drug-likeness (QED) is 0.224. The number of methoxy groups -OCH3 is 2. The van der Waals surface area contributed by atoms with Crippen molar-refractivity contribution in [2.45, 2.75) is 13.3 Å². The van der Waals surface area contributed by atoms with Gasteiger partial charge < -0.3 is 35.4 Å². The van der Waals surface area contributed by atoms with Gasteiger partial charge in [0.1, 0.15) is 18.1 Å². The third-order valence-corrected chi connectivity index (χ3v) is 6.52. The number of aromatic hydroxyl groups is 1. The van der Waals surface area contributed by atoms with E-state index in [1.54, 1.807) is 27.2 Å². The summed E-state index contributed by atoms with van der Waals surface area (Å²) in [4.78, 5) is 12.9. The van der Waals surface area contributed by atoms with Crippen molar-refractivity contribution >= 4 is 22.9 Å². The highest BCUT2D eigenvalue weighted by Crippen LogP contribution is 2.29. The number of primary amides is 1. The van der Waals surface area contributed by atoms with Crippen LogP contribution >= 0.6 is 0 Å². The first-order chi connectivity index (χ1) is 19.3. The van der Waals surface area contributed by atoms with Gasteiger partial charge in [0.05, 0.1) is 14.2 Å². The van der Waals surface area contributed by atoms with Crippen molar-refractivity contribution in [3.63, 3.8) is 0 Å². The molecule has 0 radical (unpaired) electrons. The molecule has 4 N–H and O–H groups in total. The molecule has 8 heteroatoms.